The summed E-state index contributed by atoms with van der Waals surface area (Å²) in [5.41, 5.74) is 5.76. The number of aromatic nitrogens is 1. The monoisotopic (exact) mass is 191 g/mol. The number of nitrogens with two attached hydrogens (primary N) is 1. The molecular formula is C11H17N3. The normalized spacial score (nSPS) is 22.4. The van der Waals surface area contributed by atoms with E-state index in [9.17, 15) is 0 Å². The number of hydrogen-bond acceptors (Lipinski definition) is 3. The Labute approximate surface area is 84.9 Å². The highest BCUT2D eigenvalue weighted by Crippen LogP contribution is 2.21. The molecule has 76 valence electrons. The molecular weight excluding hydrogens is 174 g/mol. The number of nitrogens with zero attached hydrogens (tertiary/aromatic N) is 2. The topological polar surface area (TPSA) is 42.1 Å². The van der Waals surface area contributed by atoms with Crippen LogP contribution in [0.25, 0.3) is 0 Å². The van der Waals surface area contributed by atoms with Gasteiger partial charge in [0.05, 0.1) is 0 Å². The fourth-order valence-corrected chi connectivity index (χ4v) is 2.07. The van der Waals surface area contributed by atoms with Gasteiger partial charge < -0.3 is 10.6 Å². The zero-order valence-corrected chi connectivity index (χ0v) is 8.39. The summed E-state index contributed by atoms with van der Waals surface area (Å²) in [5, 5.41) is 0. The summed E-state index contributed by atoms with van der Waals surface area (Å²) in [6, 6.07) is 6.53. The van der Waals surface area contributed by atoms with E-state index in [1.165, 1.54) is 19.3 Å². The van der Waals surface area contributed by atoms with Crippen molar-refractivity contribution < 1.29 is 0 Å². The molecule has 1 fully saturated rings. The Hall–Kier alpha value is -1.09. The molecule has 0 aromatic carbocycles. The van der Waals surface area contributed by atoms with Crippen molar-refractivity contribution in [3.63, 3.8) is 0 Å². The van der Waals surface area contributed by atoms with Crippen molar-refractivity contribution in [1.82, 2.24) is 4.98 Å². The van der Waals surface area contributed by atoms with E-state index in [1.54, 1.807) is 0 Å². The highest BCUT2D eigenvalue weighted by molar-refractivity contribution is 5.39. The van der Waals surface area contributed by atoms with E-state index >= 15 is 0 Å². The summed E-state index contributed by atoms with van der Waals surface area (Å²) in [4.78, 5) is 6.71. The lowest BCUT2D eigenvalue weighted by Gasteiger charge is -2.35. The molecule has 1 saturated heterocycles. The lowest BCUT2D eigenvalue weighted by Crippen LogP contribution is -2.44. The van der Waals surface area contributed by atoms with E-state index in [4.69, 9.17) is 5.73 Å². The molecule has 1 aliphatic rings. The van der Waals surface area contributed by atoms with E-state index in [1.807, 2.05) is 18.3 Å². The summed E-state index contributed by atoms with van der Waals surface area (Å²) in [6.07, 6.45) is 5.60. The predicted molar refractivity (Wildman–Crippen MR) is 58.3 cm³/mol. The molecule has 3 heteroatoms. The maximum atomic E-state index is 5.76. The van der Waals surface area contributed by atoms with E-state index in [2.05, 4.69) is 16.0 Å². The van der Waals surface area contributed by atoms with Crippen LogP contribution in [0.1, 0.15) is 19.3 Å². The highest BCUT2D eigenvalue weighted by atomic mass is 15.2. The molecule has 2 rings (SSSR count). The van der Waals surface area contributed by atoms with Crippen LogP contribution in [0.3, 0.4) is 0 Å². The van der Waals surface area contributed by atoms with Crippen molar-refractivity contribution in [2.45, 2.75) is 25.3 Å². The van der Waals surface area contributed by atoms with Crippen LogP contribution in [-0.4, -0.2) is 24.1 Å². The van der Waals surface area contributed by atoms with Crippen LogP contribution in [0.4, 0.5) is 5.82 Å². The molecule has 0 saturated carbocycles. The van der Waals surface area contributed by atoms with E-state index in [0.717, 1.165) is 18.9 Å². The van der Waals surface area contributed by atoms with E-state index in [0.29, 0.717) is 6.04 Å². The van der Waals surface area contributed by atoms with Crippen molar-refractivity contribution >= 4 is 5.82 Å². The Kier molecular flexibility index (Phi) is 2.99. The van der Waals surface area contributed by atoms with Gasteiger partial charge in [0.2, 0.25) is 0 Å². The zero-order valence-electron chi connectivity index (χ0n) is 8.39. The van der Waals surface area contributed by atoms with Gasteiger partial charge in [0, 0.05) is 25.3 Å². The van der Waals surface area contributed by atoms with Gasteiger partial charge in [0.25, 0.3) is 0 Å². The summed E-state index contributed by atoms with van der Waals surface area (Å²) in [6.45, 7) is 1.83. The first-order chi connectivity index (χ1) is 6.92. The second kappa shape index (κ2) is 4.42. The van der Waals surface area contributed by atoms with Gasteiger partial charge >= 0.3 is 0 Å². The van der Waals surface area contributed by atoms with Crippen LogP contribution >= 0.6 is 0 Å². The van der Waals surface area contributed by atoms with Gasteiger partial charge in [-0.25, -0.2) is 4.98 Å². The lowest BCUT2D eigenvalue weighted by atomic mass is 10.0. The van der Waals surface area contributed by atoms with Crippen LogP contribution < -0.4 is 10.6 Å². The minimum absolute atomic E-state index is 0.485. The van der Waals surface area contributed by atoms with Crippen molar-refractivity contribution in [2.24, 2.45) is 5.73 Å². The molecule has 3 nitrogen and oxygen atoms in total. The quantitative estimate of drug-likeness (QED) is 0.768. The average molecular weight is 191 g/mol. The molecule has 0 unspecified atom stereocenters. The molecule has 1 aromatic heterocycles. The number of pyridine rings is 1. The molecule has 0 amide bonds. The van der Waals surface area contributed by atoms with Gasteiger partial charge in [-0.15, -0.1) is 0 Å². The zero-order chi connectivity index (χ0) is 9.80. The minimum Gasteiger partial charge on any atom is -0.352 e. The van der Waals surface area contributed by atoms with Gasteiger partial charge in [-0.1, -0.05) is 6.07 Å². The maximum Gasteiger partial charge on any atom is 0.128 e. The highest BCUT2D eigenvalue weighted by Gasteiger charge is 2.21. The van der Waals surface area contributed by atoms with Crippen LogP contribution in [0.2, 0.25) is 0 Å². The third-order valence-corrected chi connectivity index (χ3v) is 2.84. The standard InChI is InChI=1S/C11H17N3/c12-9-10-5-2-4-8-14(10)11-6-1-3-7-13-11/h1,3,6-7,10H,2,4-5,8-9,12H2/t10-/m0/s1. The molecule has 0 bridgehead atoms. The Bertz CT molecular complexity index is 273. The first kappa shape index (κ1) is 9.46. The Balaban J connectivity index is 2.15. The molecule has 1 aliphatic heterocycles. The molecule has 0 radical (unpaired) electrons. The Morgan fingerprint density at radius 3 is 3.07 bits per heavy atom. The predicted octanol–water partition coefficient (Wildman–Crippen LogP) is 1.40. The third-order valence-electron chi connectivity index (χ3n) is 2.84. The fraction of sp³-hybridized carbons (Fsp3) is 0.545. The van der Waals surface area contributed by atoms with Gasteiger partial charge in [-0.05, 0) is 31.4 Å². The minimum atomic E-state index is 0.485. The van der Waals surface area contributed by atoms with Crippen molar-refractivity contribution in [3.05, 3.63) is 24.4 Å². The summed E-state index contributed by atoms with van der Waals surface area (Å²) >= 11 is 0. The molecule has 0 aliphatic carbocycles. The first-order valence-electron chi connectivity index (χ1n) is 5.29. The summed E-state index contributed by atoms with van der Waals surface area (Å²) in [5.74, 6) is 1.07. The van der Waals surface area contributed by atoms with Crippen LogP contribution in [-0.2, 0) is 0 Å². The maximum absolute atomic E-state index is 5.76. The van der Waals surface area contributed by atoms with E-state index in [-0.39, 0.29) is 0 Å². The fourth-order valence-electron chi connectivity index (χ4n) is 2.07. The van der Waals surface area contributed by atoms with E-state index < -0.39 is 0 Å². The SMILES string of the molecule is NC[C@@H]1CCCCN1c1ccccn1. The summed E-state index contributed by atoms with van der Waals surface area (Å²) < 4.78 is 0. The Morgan fingerprint density at radius 2 is 2.36 bits per heavy atom. The number of anilines is 1. The van der Waals surface area contributed by atoms with Gasteiger partial charge in [-0.2, -0.15) is 0 Å². The van der Waals surface area contributed by atoms with Crippen LogP contribution in [0, 0.1) is 0 Å². The lowest BCUT2D eigenvalue weighted by molar-refractivity contribution is 0.462. The van der Waals surface area contributed by atoms with Gasteiger partial charge in [0.15, 0.2) is 0 Å². The van der Waals surface area contributed by atoms with Crippen LogP contribution in [0.5, 0.6) is 0 Å². The number of hydrogen-bond donors (Lipinski definition) is 1. The third kappa shape index (κ3) is 1.87. The van der Waals surface area contributed by atoms with Crippen molar-refractivity contribution in [2.75, 3.05) is 18.0 Å². The van der Waals surface area contributed by atoms with Gasteiger partial charge in [-0.3, -0.25) is 0 Å². The van der Waals surface area contributed by atoms with Gasteiger partial charge in [0.1, 0.15) is 5.82 Å². The largest absolute Gasteiger partial charge is 0.352 e. The second-order valence-electron chi connectivity index (χ2n) is 3.77. The second-order valence-corrected chi connectivity index (χ2v) is 3.77. The Morgan fingerprint density at radius 1 is 1.43 bits per heavy atom. The van der Waals surface area contributed by atoms with Crippen LogP contribution in [0.15, 0.2) is 24.4 Å². The number of piperidine rings is 1. The average Bonchev–Trinajstić information content (AvgIpc) is 2.30. The first-order valence-corrected chi connectivity index (χ1v) is 5.29. The molecule has 0 spiro atoms. The molecule has 2 N–H and O–H groups in total. The molecule has 1 atom stereocenters. The molecule has 2 heterocycles. The van der Waals surface area contributed by atoms with Crippen molar-refractivity contribution in [3.8, 4) is 0 Å². The van der Waals surface area contributed by atoms with Crippen molar-refractivity contribution in [1.29, 1.82) is 0 Å². The molecule has 14 heavy (non-hydrogen) atoms. The number of rotatable bonds is 2. The smallest absolute Gasteiger partial charge is 0.128 e. The molecule has 1 aromatic rings. The summed E-state index contributed by atoms with van der Waals surface area (Å²) in [7, 11) is 0.